The van der Waals surface area contributed by atoms with Gasteiger partial charge in [0.2, 0.25) is 0 Å². The van der Waals surface area contributed by atoms with Crippen LogP contribution in [0.5, 0.6) is 0 Å². The molecule has 1 amide bonds. The molecule has 0 N–H and O–H groups in total. The van der Waals surface area contributed by atoms with Crippen LogP contribution in [0.1, 0.15) is 73.6 Å². The van der Waals surface area contributed by atoms with E-state index in [4.69, 9.17) is 27.5 Å². The number of rotatable bonds is 3. The van der Waals surface area contributed by atoms with Gasteiger partial charge in [-0.25, -0.2) is 9.59 Å². The third-order valence-electron chi connectivity index (χ3n) is 5.11. The highest BCUT2D eigenvalue weighted by molar-refractivity contribution is 6.29. The third-order valence-corrected chi connectivity index (χ3v) is 5.43. The number of carbonyl (C=O) groups is 2. The molecule has 3 atom stereocenters. The van der Waals surface area contributed by atoms with Crippen molar-refractivity contribution < 1.29 is 19.1 Å². The van der Waals surface area contributed by atoms with Crippen molar-refractivity contribution in [3.63, 3.8) is 0 Å². The summed E-state index contributed by atoms with van der Waals surface area (Å²) in [6, 6.07) is -1.06. The van der Waals surface area contributed by atoms with E-state index in [-0.39, 0.29) is 11.5 Å². The number of fused-ring (bicyclic) bond motifs is 1. The number of halogens is 1. The lowest BCUT2D eigenvalue weighted by Crippen LogP contribution is -2.50. The average Bonchev–Trinajstić information content (AvgIpc) is 2.85. The van der Waals surface area contributed by atoms with Crippen molar-refractivity contribution in [1.82, 2.24) is 4.90 Å². The third kappa shape index (κ3) is 5.23. The van der Waals surface area contributed by atoms with Crippen LogP contribution >= 0.6 is 11.6 Å². The first-order chi connectivity index (χ1) is 12.8. The summed E-state index contributed by atoms with van der Waals surface area (Å²) in [6.07, 6.45) is 10.1. The van der Waals surface area contributed by atoms with Gasteiger partial charge in [0, 0.05) is 11.5 Å². The molecule has 1 fully saturated rings. The van der Waals surface area contributed by atoms with E-state index in [0.717, 1.165) is 6.42 Å². The Hall–Kier alpha value is -1.67. The number of terminal acetylenes is 1. The topological polar surface area (TPSA) is 55.8 Å². The maximum absolute atomic E-state index is 13.1. The Kier molecular flexibility index (Phi) is 6.45. The monoisotopic (exact) mass is 409 g/mol. The summed E-state index contributed by atoms with van der Waals surface area (Å²) in [5, 5.41) is 0.694. The summed E-state index contributed by atoms with van der Waals surface area (Å²) in [5.74, 6) is 2.27. The molecule has 0 unspecified atom stereocenters. The molecule has 0 radical (unpaired) electrons. The number of nitrogens with zero attached hydrogens (tertiary/aromatic N) is 1. The molecule has 0 aromatic rings. The van der Waals surface area contributed by atoms with E-state index in [0.29, 0.717) is 30.7 Å². The molecule has 0 aromatic carbocycles. The summed E-state index contributed by atoms with van der Waals surface area (Å²) in [7, 11) is 0. The predicted molar refractivity (Wildman–Crippen MR) is 110 cm³/mol. The molecular formula is C22H32ClNO4. The fourth-order valence-corrected chi connectivity index (χ4v) is 4.26. The smallest absolute Gasteiger partial charge is 0.411 e. The van der Waals surface area contributed by atoms with Crippen molar-refractivity contribution in [2.45, 2.75) is 96.9 Å². The van der Waals surface area contributed by atoms with Crippen molar-refractivity contribution in [2.75, 3.05) is 0 Å². The number of hydrogen-bond donors (Lipinski definition) is 0. The maximum atomic E-state index is 13.1. The summed E-state index contributed by atoms with van der Waals surface area (Å²) in [6.45, 7) is 10.9. The second-order valence-corrected chi connectivity index (χ2v) is 10.3. The molecule has 1 saturated heterocycles. The molecule has 2 rings (SSSR count). The average molecular weight is 410 g/mol. The summed E-state index contributed by atoms with van der Waals surface area (Å²) >= 11 is 6.34. The van der Waals surface area contributed by atoms with Crippen molar-refractivity contribution in [3.05, 3.63) is 11.1 Å². The molecule has 156 valence electrons. The molecule has 6 heteroatoms. The van der Waals surface area contributed by atoms with Crippen LogP contribution in [0.15, 0.2) is 11.1 Å². The second kappa shape index (κ2) is 7.99. The van der Waals surface area contributed by atoms with E-state index < -0.39 is 29.3 Å². The lowest BCUT2D eigenvalue weighted by molar-refractivity contribution is -0.160. The highest BCUT2D eigenvalue weighted by Gasteiger charge is 2.57. The van der Waals surface area contributed by atoms with Gasteiger partial charge in [0.05, 0.1) is 6.04 Å². The number of likely N-dealkylation sites (tertiary alicyclic amines) is 1. The van der Waals surface area contributed by atoms with Gasteiger partial charge in [-0.3, -0.25) is 4.90 Å². The number of carbonyl (C=O) groups excluding carboxylic acids is 2. The minimum absolute atomic E-state index is 0.302. The largest absolute Gasteiger partial charge is 0.458 e. The molecule has 1 heterocycles. The highest BCUT2D eigenvalue weighted by Crippen LogP contribution is 2.52. The van der Waals surface area contributed by atoms with Gasteiger partial charge in [0.1, 0.15) is 17.2 Å². The fraction of sp³-hybridized carbons (Fsp3) is 0.727. The first-order valence-corrected chi connectivity index (χ1v) is 10.2. The van der Waals surface area contributed by atoms with Crippen LogP contribution in [-0.4, -0.2) is 40.2 Å². The van der Waals surface area contributed by atoms with Crippen LogP contribution in [0.25, 0.3) is 0 Å². The van der Waals surface area contributed by atoms with Gasteiger partial charge >= 0.3 is 12.1 Å². The molecule has 28 heavy (non-hydrogen) atoms. The summed E-state index contributed by atoms with van der Waals surface area (Å²) in [5.41, 5.74) is -1.63. The maximum Gasteiger partial charge on any atom is 0.411 e. The van der Waals surface area contributed by atoms with Gasteiger partial charge in [-0.2, -0.15) is 0 Å². The van der Waals surface area contributed by atoms with E-state index in [2.05, 4.69) is 5.92 Å². The first-order valence-electron chi connectivity index (χ1n) is 9.82. The first kappa shape index (κ1) is 22.6. The van der Waals surface area contributed by atoms with Gasteiger partial charge in [-0.1, -0.05) is 11.6 Å². The highest BCUT2D eigenvalue weighted by atomic mass is 35.5. The molecule has 0 saturated carbocycles. The number of esters is 1. The molecule has 5 nitrogen and oxygen atoms in total. The lowest BCUT2D eigenvalue weighted by atomic mass is 9.69. The van der Waals surface area contributed by atoms with Crippen molar-refractivity contribution in [2.24, 2.45) is 5.41 Å². The predicted octanol–water partition coefficient (Wildman–Crippen LogP) is 5.02. The van der Waals surface area contributed by atoms with Gasteiger partial charge in [-0.15, -0.1) is 12.3 Å². The van der Waals surface area contributed by atoms with Gasteiger partial charge in [0.15, 0.2) is 0 Å². The summed E-state index contributed by atoms with van der Waals surface area (Å²) < 4.78 is 11.3. The minimum Gasteiger partial charge on any atom is -0.458 e. The molecule has 2 aliphatic rings. The molecule has 0 bridgehead atoms. The van der Waals surface area contributed by atoms with E-state index in [1.165, 1.54) is 4.90 Å². The molecule has 1 aliphatic carbocycles. The standard InChI is InChI=1S/C22H32ClNO4/c1-8-9-11-22-12-10-15(23)13-17(22)24(19(26)28-21(5,6)7)16(14-22)18(25)27-20(2,3)4/h1,13,16-17H,9-12,14H2,2-7H3/t16-,17-,22-/m0/s1. The summed E-state index contributed by atoms with van der Waals surface area (Å²) in [4.78, 5) is 27.6. The Labute approximate surface area is 173 Å². The second-order valence-electron chi connectivity index (χ2n) is 9.77. The molecule has 1 aliphatic heterocycles. The van der Waals surface area contributed by atoms with Crippen LogP contribution in [0, 0.1) is 17.8 Å². The zero-order valence-corrected chi connectivity index (χ0v) is 18.6. The Morgan fingerprint density at radius 2 is 1.86 bits per heavy atom. The van der Waals surface area contributed by atoms with Crippen molar-refractivity contribution >= 4 is 23.7 Å². The number of amides is 1. The molecule has 0 spiro atoms. The van der Waals surface area contributed by atoms with Crippen LogP contribution in [0.4, 0.5) is 4.79 Å². The van der Waals surface area contributed by atoms with E-state index >= 15 is 0 Å². The number of hydrogen-bond acceptors (Lipinski definition) is 4. The van der Waals surface area contributed by atoms with Crippen molar-refractivity contribution in [3.8, 4) is 12.3 Å². The zero-order chi connectivity index (χ0) is 21.3. The molecular weight excluding hydrogens is 378 g/mol. The van der Waals surface area contributed by atoms with Gasteiger partial charge < -0.3 is 9.47 Å². The Balaban J connectivity index is 2.46. The normalized spacial score (nSPS) is 27.5. The minimum atomic E-state index is -0.726. The van der Waals surface area contributed by atoms with E-state index in [9.17, 15) is 9.59 Å². The van der Waals surface area contributed by atoms with Crippen LogP contribution in [0.2, 0.25) is 0 Å². The van der Waals surface area contributed by atoms with E-state index in [1.807, 2.05) is 26.8 Å². The van der Waals surface area contributed by atoms with Crippen LogP contribution in [-0.2, 0) is 14.3 Å². The lowest BCUT2D eigenvalue weighted by Gasteiger charge is -2.39. The SMILES string of the molecule is C#CCC[C@@]12CCC(Cl)=C[C@@H]1N(C(=O)OC(C)(C)C)[C@H](C(=O)OC(C)(C)C)C2. The Morgan fingerprint density at radius 1 is 1.25 bits per heavy atom. The van der Waals surface area contributed by atoms with E-state index in [1.54, 1.807) is 20.8 Å². The van der Waals surface area contributed by atoms with Crippen LogP contribution < -0.4 is 0 Å². The van der Waals surface area contributed by atoms with Crippen molar-refractivity contribution in [1.29, 1.82) is 0 Å². The molecule has 0 aromatic heterocycles. The quantitative estimate of drug-likeness (QED) is 0.485. The number of allylic oxidation sites excluding steroid dienone is 1. The number of ether oxygens (including phenoxy) is 2. The Bertz CT molecular complexity index is 695. The van der Waals surface area contributed by atoms with Gasteiger partial charge in [-0.05, 0) is 78.7 Å². The fourth-order valence-electron chi connectivity index (χ4n) is 4.04. The Morgan fingerprint density at radius 3 is 2.39 bits per heavy atom. The zero-order valence-electron chi connectivity index (χ0n) is 17.8. The van der Waals surface area contributed by atoms with Crippen LogP contribution in [0.3, 0.4) is 0 Å². The van der Waals surface area contributed by atoms with Gasteiger partial charge in [0.25, 0.3) is 0 Å².